The lowest BCUT2D eigenvalue weighted by atomic mass is 10.2. The number of hydrogen-bond donors (Lipinski definition) is 2. The number of carbonyl (C=O) groups is 1. The van der Waals surface area contributed by atoms with Gasteiger partial charge in [0.15, 0.2) is 0 Å². The number of nitrogens with one attached hydrogen (secondary N) is 2. The molecule has 0 atom stereocenters. The van der Waals surface area contributed by atoms with Gasteiger partial charge in [-0.15, -0.1) is 0 Å². The zero-order valence-electron chi connectivity index (χ0n) is 12.1. The van der Waals surface area contributed by atoms with Crippen LogP contribution in [0.15, 0.2) is 39.8 Å². The predicted molar refractivity (Wildman–Crippen MR) is 82.7 cm³/mol. The number of para-hydroxylation sites is 1. The van der Waals surface area contributed by atoms with E-state index in [4.69, 9.17) is 4.42 Å². The molecule has 3 aromatic rings. The fourth-order valence-electron chi connectivity index (χ4n) is 2.27. The number of aromatic nitrogens is 2. The minimum Gasteiger partial charge on any atom is -0.448 e. The summed E-state index contributed by atoms with van der Waals surface area (Å²) in [7, 11) is 1.80. The second-order valence-corrected chi connectivity index (χ2v) is 4.91. The van der Waals surface area contributed by atoms with E-state index in [-0.39, 0.29) is 23.6 Å². The Hall–Kier alpha value is -2.67. The van der Waals surface area contributed by atoms with Crippen LogP contribution in [-0.4, -0.2) is 35.6 Å². The van der Waals surface area contributed by atoms with Crippen LogP contribution in [0.25, 0.3) is 22.1 Å². The second-order valence-electron chi connectivity index (χ2n) is 4.91. The van der Waals surface area contributed by atoms with E-state index >= 15 is 0 Å². The van der Waals surface area contributed by atoms with Gasteiger partial charge < -0.3 is 15.1 Å². The van der Waals surface area contributed by atoms with E-state index in [2.05, 4.69) is 15.6 Å². The number of carbonyl (C=O) groups excluding carboxylic acids is 1. The first kappa shape index (κ1) is 14.3. The zero-order chi connectivity index (χ0) is 15.5. The van der Waals surface area contributed by atoms with E-state index in [1.807, 2.05) is 18.2 Å². The van der Waals surface area contributed by atoms with Gasteiger partial charge in [-0.25, -0.2) is 4.98 Å². The number of furan rings is 1. The van der Waals surface area contributed by atoms with Crippen LogP contribution in [0, 0.1) is 0 Å². The fourth-order valence-corrected chi connectivity index (χ4v) is 2.27. The third-order valence-corrected chi connectivity index (χ3v) is 3.36. The van der Waals surface area contributed by atoms with Crippen molar-refractivity contribution in [3.05, 3.63) is 40.9 Å². The van der Waals surface area contributed by atoms with Crippen molar-refractivity contribution in [2.24, 2.45) is 0 Å². The monoisotopic (exact) mass is 300 g/mol. The Kier molecular flexibility index (Phi) is 3.88. The molecule has 0 saturated heterocycles. The number of fused-ring (bicyclic) bond motifs is 3. The largest absolute Gasteiger partial charge is 0.448 e. The molecule has 0 aliphatic rings. The normalized spacial score (nSPS) is 11.1. The molecular weight excluding hydrogens is 284 g/mol. The Morgan fingerprint density at radius 2 is 2.14 bits per heavy atom. The third-order valence-electron chi connectivity index (χ3n) is 3.36. The van der Waals surface area contributed by atoms with Crippen molar-refractivity contribution in [2.45, 2.75) is 6.54 Å². The van der Waals surface area contributed by atoms with Gasteiger partial charge in [-0.2, -0.15) is 0 Å². The molecule has 0 unspecified atom stereocenters. The molecule has 3 rings (SSSR count). The fraction of sp³-hybridized carbons (Fsp3) is 0.267. The van der Waals surface area contributed by atoms with Crippen molar-refractivity contribution >= 4 is 28.0 Å². The van der Waals surface area contributed by atoms with E-state index in [0.717, 1.165) is 5.39 Å². The van der Waals surface area contributed by atoms with Crippen LogP contribution in [0.3, 0.4) is 0 Å². The summed E-state index contributed by atoms with van der Waals surface area (Å²) in [5.74, 6) is -0.241. The van der Waals surface area contributed by atoms with Crippen molar-refractivity contribution in [3.8, 4) is 0 Å². The summed E-state index contributed by atoms with van der Waals surface area (Å²) in [6, 6.07) is 7.33. The molecule has 1 amide bonds. The molecule has 1 aromatic carbocycles. The molecule has 0 saturated carbocycles. The quantitative estimate of drug-likeness (QED) is 0.669. The topological polar surface area (TPSA) is 89.2 Å². The maximum Gasteiger partial charge on any atom is 0.297 e. The molecule has 0 bridgehead atoms. The Bertz CT molecular complexity index is 881. The molecule has 2 N–H and O–H groups in total. The molecule has 7 heteroatoms. The molecule has 0 radical (unpaired) electrons. The summed E-state index contributed by atoms with van der Waals surface area (Å²) in [6.07, 6.45) is 1.38. The molecule has 2 aromatic heterocycles. The highest BCUT2D eigenvalue weighted by Crippen LogP contribution is 2.23. The molecule has 0 fully saturated rings. The minimum atomic E-state index is -0.357. The number of hydrogen-bond acceptors (Lipinski definition) is 5. The molecule has 0 spiro atoms. The average molecular weight is 300 g/mol. The van der Waals surface area contributed by atoms with Gasteiger partial charge in [0.05, 0.1) is 6.33 Å². The van der Waals surface area contributed by atoms with Gasteiger partial charge in [0.25, 0.3) is 5.56 Å². The smallest absolute Gasteiger partial charge is 0.297 e. The highest BCUT2D eigenvalue weighted by atomic mass is 16.3. The molecule has 22 heavy (non-hydrogen) atoms. The van der Waals surface area contributed by atoms with E-state index in [9.17, 15) is 9.59 Å². The zero-order valence-corrected chi connectivity index (χ0v) is 12.1. The van der Waals surface area contributed by atoms with Crippen molar-refractivity contribution < 1.29 is 9.21 Å². The average Bonchev–Trinajstić information content (AvgIpc) is 2.90. The van der Waals surface area contributed by atoms with Crippen LogP contribution in [0.2, 0.25) is 0 Å². The van der Waals surface area contributed by atoms with Gasteiger partial charge >= 0.3 is 0 Å². The number of rotatable bonds is 5. The van der Waals surface area contributed by atoms with Crippen LogP contribution < -0.4 is 16.2 Å². The Labute approximate surface area is 125 Å². The van der Waals surface area contributed by atoms with E-state index < -0.39 is 0 Å². The van der Waals surface area contributed by atoms with Crippen LogP contribution >= 0.6 is 0 Å². The first-order valence-electron chi connectivity index (χ1n) is 6.98. The van der Waals surface area contributed by atoms with Crippen molar-refractivity contribution in [3.63, 3.8) is 0 Å². The summed E-state index contributed by atoms with van der Waals surface area (Å²) in [4.78, 5) is 28.4. The summed E-state index contributed by atoms with van der Waals surface area (Å²) in [5.41, 5.74) is 0.947. The van der Waals surface area contributed by atoms with E-state index in [0.29, 0.717) is 24.2 Å². The van der Waals surface area contributed by atoms with Crippen LogP contribution in [-0.2, 0) is 11.3 Å². The van der Waals surface area contributed by atoms with Crippen LogP contribution in [0.4, 0.5) is 0 Å². The lowest BCUT2D eigenvalue weighted by Gasteiger charge is -2.06. The van der Waals surface area contributed by atoms with Gasteiger partial charge in [-0.3, -0.25) is 14.2 Å². The third kappa shape index (κ3) is 2.58. The summed E-state index contributed by atoms with van der Waals surface area (Å²) < 4.78 is 6.82. The van der Waals surface area contributed by atoms with Gasteiger partial charge in [-0.1, -0.05) is 12.1 Å². The maximum absolute atomic E-state index is 12.4. The van der Waals surface area contributed by atoms with Gasteiger partial charge in [0.1, 0.15) is 17.6 Å². The minimum absolute atomic E-state index is 0.0808. The van der Waals surface area contributed by atoms with E-state index in [1.54, 1.807) is 13.1 Å². The second kappa shape index (κ2) is 5.98. The lowest BCUT2D eigenvalue weighted by molar-refractivity contribution is -0.121. The van der Waals surface area contributed by atoms with Crippen LogP contribution in [0.1, 0.15) is 0 Å². The van der Waals surface area contributed by atoms with Crippen molar-refractivity contribution in [1.29, 1.82) is 0 Å². The number of amides is 1. The Morgan fingerprint density at radius 1 is 1.32 bits per heavy atom. The number of nitrogens with zero attached hydrogens (tertiary/aromatic N) is 2. The first-order chi connectivity index (χ1) is 10.7. The molecule has 0 aliphatic carbocycles. The molecule has 2 heterocycles. The Balaban J connectivity index is 1.92. The summed E-state index contributed by atoms with van der Waals surface area (Å²) >= 11 is 0. The van der Waals surface area contributed by atoms with Gasteiger partial charge in [-0.05, 0) is 19.2 Å². The molecular formula is C15H16N4O3. The number of likely N-dealkylation sites (N-methyl/N-ethyl adjacent to an activating group) is 1. The standard InChI is InChI=1S/C15H16N4O3/c1-16-6-7-17-12(20)8-19-9-18-13-10-4-2-3-5-11(10)22-14(13)15(19)21/h2-5,9,16H,6-8H2,1H3,(H,17,20). The summed E-state index contributed by atoms with van der Waals surface area (Å²) in [5, 5.41) is 6.43. The van der Waals surface area contributed by atoms with Crippen molar-refractivity contribution in [1.82, 2.24) is 20.2 Å². The predicted octanol–water partition coefficient (Wildman–Crippen LogP) is 0.478. The lowest BCUT2D eigenvalue weighted by Crippen LogP contribution is -2.35. The Morgan fingerprint density at radius 3 is 2.95 bits per heavy atom. The highest BCUT2D eigenvalue weighted by Gasteiger charge is 2.14. The molecule has 114 valence electrons. The highest BCUT2D eigenvalue weighted by molar-refractivity contribution is 6.01. The van der Waals surface area contributed by atoms with Gasteiger partial charge in [0, 0.05) is 18.5 Å². The molecule has 7 nitrogen and oxygen atoms in total. The number of benzene rings is 1. The SMILES string of the molecule is CNCCNC(=O)Cn1cnc2c(oc3ccccc32)c1=O. The summed E-state index contributed by atoms with van der Waals surface area (Å²) in [6.45, 7) is 1.09. The van der Waals surface area contributed by atoms with E-state index in [1.165, 1.54) is 10.9 Å². The van der Waals surface area contributed by atoms with Crippen LogP contribution in [0.5, 0.6) is 0 Å². The molecule has 0 aliphatic heterocycles. The van der Waals surface area contributed by atoms with Gasteiger partial charge in [0.2, 0.25) is 11.5 Å². The first-order valence-corrected chi connectivity index (χ1v) is 6.98. The van der Waals surface area contributed by atoms with Crippen molar-refractivity contribution in [2.75, 3.05) is 20.1 Å². The maximum atomic E-state index is 12.4.